The lowest BCUT2D eigenvalue weighted by Gasteiger charge is -2.26. The van der Waals surface area contributed by atoms with Gasteiger partial charge in [0.15, 0.2) is 0 Å². The molecule has 0 aliphatic rings. The van der Waals surface area contributed by atoms with E-state index in [-0.39, 0.29) is 5.78 Å². The fourth-order valence-electron chi connectivity index (χ4n) is 3.29. The maximum Gasteiger partial charge on any atom is 0.133 e. The first-order valence-corrected chi connectivity index (χ1v) is 10.9. The molecule has 3 aromatic carbocycles. The first kappa shape index (κ1) is 18.3. The van der Waals surface area contributed by atoms with Crippen molar-refractivity contribution in [3.8, 4) is 0 Å². The van der Waals surface area contributed by atoms with Crippen molar-refractivity contribution >= 4 is 29.0 Å². The van der Waals surface area contributed by atoms with Gasteiger partial charge in [-0.2, -0.15) is 0 Å². The summed E-state index contributed by atoms with van der Waals surface area (Å²) in [5.41, 5.74) is 0. The van der Waals surface area contributed by atoms with Gasteiger partial charge in [-0.1, -0.05) is 60.7 Å². The fourth-order valence-corrected chi connectivity index (χ4v) is 7.33. The Bertz CT molecular complexity index is 758. The highest BCUT2D eigenvalue weighted by atomic mass is 31.2. The number of ketones is 1. The molecule has 0 heterocycles. The van der Waals surface area contributed by atoms with Crippen molar-refractivity contribution in [2.45, 2.75) is 13.3 Å². The predicted molar refractivity (Wildman–Crippen MR) is 114 cm³/mol. The number of hydrogen-bond donors (Lipinski definition) is 0. The molecule has 0 unspecified atom stereocenters. The smallest absolute Gasteiger partial charge is 0.133 e. The summed E-state index contributed by atoms with van der Waals surface area (Å²) in [6.07, 6.45) is 5.63. The van der Waals surface area contributed by atoms with Crippen LogP contribution < -0.4 is 15.9 Å². The zero-order valence-corrected chi connectivity index (χ0v) is 16.0. The van der Waals surface area contributed by atoms with Gasteiger partial charge in [0.25, 0.3) is 0 Å². The fraction of sp³-hybridized carbons (Fsp3) is 0.125. The van der Waals surface area contributed by atoms with E-state index in [0.29, 0.717) is 6.42 Å². The number of Topliss-reactive ketones (excluding diaryl/α,β-unsaturated/α-hetero) is 1. The maximum absolute atomic E-state index is 11.3. The van der Waals surface area contributed by atoms with E-state index >= 15 is 0 Å². The Hall–Kier alpha value is -2.50. The van der Waals surface area contributed by atoms with E-state index in [1.807, 2.05) is 6.08 Å². The summed E-state index contributed by atoms with van der Waals surface area (Å²) >= 11 is 0. The van der Waals surface area contributed by atoms with Gasteiger partial charge in [0.05, 0.1) is 6.16 Å². The van der Waals surface area contributed by atoms with Crippen LogP contribution in [-0.4, -0.2) is 11.9 Å². The van der Waals surface area contributed by atoms with Gasteiger partial charge in [0, 0.05) is 6.42 Å². The topological polar surface area (TPSA) is 17.1 Å². The number of benzene rings is 3. The third kappa shape index (κ3) is 4.00. The van der Waals surface area contributed by atoms with Gasteiger partial charge in [0.1, 0.15) is 29.0 Å². The molecule has 2 heteroatoms. The van der Waals surface area contributed by atoms with Crippen molar-refractivity contribution in [1.29, 1.82) is 0 Å². The van der Waals surface area contributed by atoms with E-state index < -0.39 is 7.26 Å². The second-order valence-electron chi connectivity index (χ2n) is 6.38. The molecule has 3 aromatic rings. The zero-order valence-electron chi connectivity index (χ0n) is 15.1. The Morgan fingerprint density at radius 3 is 1.42 bits per heavy atom. The SMILES string of the molecule is CC(=O)C/C=C\C[P+](c1ccccc1)(c1ccccc1)c1ccccc1. The lowest BCUT2D eigenvalue weighted by molar-refractivity contribution is -0.116. The Balaban J connectivity index is 2.18. The average Bonchev–Trinajstić information content (AvgIpc) is 2.70. The molecule has 0 N–H and O–H groups in total. The largest absolute Gasteiger partial charge is 0.300 e. The summed E-state index contributed by atoms with van der Waals surface area (Å²) in [4.78, 5) is 11.3. The van der Waals surface area contributed by atoms with Crippen LogP contribution in [0.2, 0.25) is 0 Å². The van der Waals surface area contributed by atoms with Gasteiger partial charge >= 0.3 is 0 Å². The van der Waals surface area contributed by atoms with Crippen LogP contribution in [0, 0.1) is 0 Å². The molecule has 0 bridgehead atoms. The molecule has 0 aliphatic heterocycles. The highest BCUT2D eigenvalue weighted by molar-refractivity contribution is 7.95. The Morgan fingerprint density at radius 2 is 1.08 bits per heavy atom. The first-order valence-electron chi connectivity index (χ1n) is 8.93. The quantitative estimate of drug-likeness (QED) is 0.448. The van der Waals surface area contributed by atoms with Crippen molar-refractivity contribution in [2.75, 3.05) is 6.16 Å². The predicted octanol–water partition coefficient (Wildman–Crippen LogP) is 4.52. The first-order chi connectivity index (χ1) is 12.7. The van der Waals surface area contributed by atoms with Gasteiger partial charge in [-0.3, -0.25) is 4.79 Å². The van der Waals surface area contributed by atoms with Crippen LogP contribution >= 0.6 is 7.26 Å². The molecule has 26 heavy (non-hydrogen) atoms. The third-order valence-corrected chi connectivity index (χ3v) is 8.84. The van der Waals surface area contributed by atoms with Crippen molar-refractivity contribution < 1.29 is 4.79 Å². The van der Waals surface area contributed by atoms with Gasteiger partial charge in [-0.05, 0) is 49.4 Å². The van der Waals surface area contributed by atoms with Crippen molar-refractivity contribution in [2.24, 2.45) is 0 Å². The molecule has 0 fully saturated rings. The number of rotatable bonds is 7. The third-order valence-electron chi connectivity index (χ3n) is 4.54. The van der Waals surface area contributed by atoms with Crippen LogP contribution in [-0.2, 0) is 4.79 Å². The minimum Gasteiger partial charge on any atom is -0.300 e. The Morgan fingerprint density at radius 1 is 0.692 bits per heavy atom. The molecular formula is C24H24OP+. The molecule has 0 atom stereocenters. The van der Waals surface area contributed by atoms with Crippen LogP contribution in [0.5, 0.6) is 0 Å². The molecular weight excluding hydrogens is 335 g/mol. The van der Waals surface area contributed by atoms with E-state index in [0.717, 1.165) is 6.16 Å². The number of carbonyl (C=O) groups is 1. The molecule has 130 valence electrons. The molecule has 0 radical (unpaired) electrons. The molecule has 0 saturated heterocycles. The van der Waals surface area contributed by atoms with Crippen molar-refractivity contribution in [3.05, 3.63) is 103 Å². The van der Waals surface area contributed by atoms with Gasteiger partial charge < -0.3 is 0 Å². The van der Waals surface area contributed by atoms with Crippen LogP contribution in [0.1, 0.15) is 13.3 Å². The summed E-state index contributed by atoms with van der Waals surface area (Å²) in [5, 5.41) is 4.10. The molecule has 1 nitrogen and oxygen atoms in total. The minimum atomic E-state index is -1.81. The van der Waals surface area contributed by atoms with E-state index in [4.69, 9.17) is 0 Å². The summed E-state index contributed by atoms with van der Waals surface area (Å²) in [5.74, 6) is 0.198. The Labute approximate surface area is 156 Å². The lowest BCUT2D eigenvalue weighted by Crippen LogP contribution is -2.32. The highest BCUT2D eigenvalue weighted by Gasteiger charge is 2.43. The second-order valence-corrected chi connectivity index (χ2v) is 9.91. The van der Waals surface area contributed by atoms with E-state index in [9.17, 15) is 4.79 Å². The standard InChI is InChI=1S/C24H24OP/c1-21(25)13-11-12-20-26(22-14-5-2-6-15-22,23-16-7-3-8-17-23)24-18-9-4-10-19-24/h2-12,14-19H,13,20H2,1H3/q+1/b12-11-. The lowest BCUT2D eigenvalue weighted by atomic mass is 10.3. The Kier molecular flexibility index (Phi) is 6.15. The maximum atomic E-state index is 11.3. The van der Waals surface area contributed by atoms with Crippen LogP contribution in [0.3, 0.4) is 0 Å². The number of allylic oxidation sites excluding steroid dienone is 2. The van der Waals surface area contributed by atoms with Crippen molar-refractivity contribution in [1.82, 2.24) is 0 Å². The van der Waals surface area contributed by atoms with Crippen LogP contribution in [0.25, 0.3) is 0 Å². The molecule has 0 aromatic heterocycles. The van der Waals surface area contributed by atoms with E-state index in [1.54, 1.807) is 6.92 Å². The molecule has 0 amide bonds. The van der Waals surface area contributed by atoms with Crippen LogP contribution in [0.4, 0.5) is 0 Å². The van der Waals surface area contributed by atoms with Crippen LogP contribution in [0.15, 0.2) is 103 Å². The molecule has 0 spiro atoms. The van der Waals surface area contributed by atoms with Crippen molar-refractivity contribution in [3.63, 3.8) is 0 Å². The molecule has 0 aliphatic carbocycles. The normalized spacial score (nSPS) is 11.6. The molecule has 3 rings (SSSR count). The van der Waals surface area contributed by atoms with Gasteiger partial charge in [-0.25, -0.2) is 0 Å². The minimum absolute atomic E-state index is 0.198. The summed E-state index contributed by atoms with van der Waals surface area (Å²) in [7, 11) is -1.81. The van der Waals surface area contributed by atoms with E-state index in [2.05, 4.69) is 97.1 Å². The molecule has 0 saturated carbocycles. The number of hydrogen-bond acceptors (Lipinski definition) is 1. The summed E-state index contributed by atoms with van der Waals surface area (Å²) in [6.45, 7) is 1.64. The van der Waals surface area contributed by atoms with E-state index in [1.165, 1.54) is 15.9 Å². The monoisotopic (exact) mass is 359 g/mol. The highest BCUT2D eigenvalue weighted by Crippen LogP contribution is 2.55. The number of carbonyl (C=O) groups excluding carboxylic acids is 1. The van der Waals surface area contributed by atoms with Gasteiger partial charge in [-0.15, -0.1) is 0 Å². The summed E-state index contributed by atoms with van der Waals surface area (Å²) < 4.78 is 0. The van der Waals surface area contributed by atoms with Gasteiger partial charge in [0.2, 0.25) is 0 Å². The second kappa shape index (κ2) is 8.74. The zero-order chi connectivity index (χ0) is 18.2. The summed E-state index contributed by atoms with van der Waals surface area (Å²) in [6, 6.07) is 32.4. The average molecular weight is 359 g/mol.